The molecule has 2 aromatic rings. The first-order valence-electron chi connectivity index (χ1n) is 6.37. The van der Waals surface area contributed by atoms with Crippen LogP contribution in [0.15, 0.2) is 36.4 Å². The largest absolute Gasteiger partial charge is 0.417 e. The molecule has 2 rings (SSSR count). The highest BCUT2D eigenvalue weighted by molar-refractivity contribution is 6.31. The second kappa shape index (κ2) is 6.45. The van der Waals surface area contributed by atoms with Crippen molar-refractivity contribution in [3.05, 3.63) is 58.4 Å². The van der Waals surface area contributed by atoms with Gasteiger partial charge in [0.15, 0.2) is 0 Å². The Kier molecular flexibility index (Phi) is 4.79. The Bertz CT molecular complexity index is 726. The summed E-state index contributed by atoms with van der Waals surface area (Å²) in [7, 11) is 0. The number of aryl methyl sites for hydroxylation is 1. The zero-order valence-corrected chi connectivity index (χ0v) is 12.5. The van der Waals surface area contributed by atoms with Gasteiger partial charge in [0.1, 0.15) is 5.82 Å². The molecule has 2 amide bonds. The molecule has 0 radical (unpaired) electrons. The lowest BCUT2D eigenvalue weighted by atomic mass is 10.2. The monoisotopic (exact) mass is 346 g/mol. The van der Waals surface area contributed by atoms with Crippen LogP contribution in [0, 0.1) is 12.7 Å². The Hall–Kier alpha value is -2.28. The summed E-state index contributed by atoms with van der Waals surface area (Å²) in [6.07, 6.45) is -4.63. The van der Waals surface area contributed by atoms with E-state index >= 15 is 0 Å². The van der Waals surface area contributed by atoms with Crippen LogP contribution in [0.2, 0.25) is 5.02 Å². The fraction of sp³-hybridized carbons (Fsp3) is 0.133. The van der Waals surface area contributed by atoms with E-state index in [0.29, 0.717) is 5.56 Å². The van der Waals surface area contributed by atoms with Crippen LogP contribution in [0.5, 0.6) is 0 Å². The number of benzene rings is 2. The molecule has 0 saturated heterocycles. The predicted octanol–water partition coefficient (Wildman–Crippen LogP) is 5.45. The van der Waals surface area contributed by atoms with Crippen molar-refractivity contribution in [2.24, 2.45) is 0 Å². The number of rotatable bonds is 2. The van der Waals surface area contributed by atoms with Crippen LogP contribution in [0.1, 0.15) is 11.1 Å². The van der Waals surface area contributed by atoms with Gasteiger partial charge in [-0.25, -0.2) is 9.18 Å². The maximum Gasteiger partial charge on any atom is 0.417 e. The minimum absolute atomic E-state index is 0.0904. The molecule has 0 bridgehead atoms. The highest BCUT2D eigenvalue weighted by Gasteiger charge is 2.33. The number of hydrogen-bond acceptors (Lipinski definition) is 1. The molecule has 0 aliphatic rings. The lowest BCUT2D eigenvalue weighted by Gasteiger charge is -2.12. The summed E-state index contributed by atoms with van der Waals surface area (Å²) < 4.78 is 51.5. The summed E-state index contributed by atoms with van der Waals surface area (Å²) in [5.41, 5.74) is -0.373. The van der Waals surface area contributed by atoms with Crippen molar-refractivity contribution < 1.29 is 22.4 Å². The maximum absolute atomic E-state index is 13.2. The van der Waals surface area contributed by atoms with E-state index in [9.17, 15) is 22.4 Å². The summed E-state index contributed by atoms with van der Waals surface area (Å²) in [5.74, 6) is -0.536. The number of amides is 2. The van der Waals surface area contributed by atoms with Gasteiger partial charge in [-0.3, -0.25) is 0 Å². The first kappa shape index (κ1) is 17.1. The predicted molar refractivity (Wildman–Crippen MR) is 80.2 cm³/mol. The normalized spacial score (nSPS) is 11.2. The smallest absolute Gasteiger partial charge is 0.308 e. The standard InChI is InChI=1S/C15H11ClF4N2O/c1-8-4-9(17)6-11(5-8)22-14(23)21-10-2-3-13(16)12(7-10)15(18,19)20/h2-7H,1H3,(H2,21,22,23). The van der Waals surface area contributed by atoms with Crippen LogP contribution < -0.4 is 10.6 Å². The van der Waals surface area contributed by atoms with Crippen LogP contribution in [-0.2, 0) is 6.18 Å². The average molecular weight is 347 g/mol. The van der Waals surface area contributed by atoms with Gasteiger partial charge in [0, 0.05) is 11.4 Å². The lowest BCUT2D eigenvalue weighted by molar-refractivity contribution is -0.137. The van der Waals surface area contributed by atoms with Crippen molar-refractivity contribution >= 4 is 29.0 Å². The average Bonchev–Trinajstić information content (AvgIpc) is 2.38. The molecule has 0 unspecified atom stereocenters. The van der Waals surface area contributed by atoms with Crippen LogP contribution in [0.4, 0.5) is 33.7 Å². The molecule has 0 aromatic heterocycles. The Balaban J connectivity index is 2.14. The van der Waals surface area contributed by atoms with Crippen molar-refractivity contribution in [3.63, 3.8) is 0 Å². The van der Waals surface area contributed by atoms with Crippen molar-refractivity contribution in [1.29, 1.82) is 0 Å². The number of nitrogens with one attached hydrogen (secondary N) is 2. The summed E-state index contributed by atoms with van der Waals surface area (Å²) >= 11 is 5.49. The zero-order chi connectivity index (χ0) is 17.2. The van der Waals surface area contributed by atoms with Crippen molar-refractivity contribution in [2.45, 2.75) is 13.1 Å². The molecule has 0 fully saturated rings. The van der Waals surface area contributed by atoms with Crippen LogP contribution in [-0.4, -0.2) is 6.03 Å². The van der Waals surface area contributed by atoms with E-state index in [1.165, 1.54) is 18.2 Å². The quantitative estimate of drug-likeness (QED) is 0.697. The minimum atomic E-state index is -4.63. The van der Waals surface area contributed by atoms with Crippen LogP contribution >= 0.6 is 11.6 Å². The maximum atomic E-state index is 13.2. The van der Waals surface area contributed by atoms with Crippen LogP contribution in [0.25, 0.3) is 0 Å². The molecule has 0 saturated carbocycles. The number of carbonyl (C=O) groups is 1. The lowest BCUT2D eigenvalue weighted by Crippen LogP contribution is -2.20. The van der Waals surface area contributed by atoms with Gasteiger partial charge in [-0.1, -0.05) is 11.6 Å². The molecule has 0 aliphatic heterocycles. The molecular weight excluding hydrogens is 336 g/mol. The fourth-order valence-corrected chi connectivity index (χ4v) is 2.15. The van der Waals surface area contributed by atoms with Gasteiger partial charge in [0.05, 0.1) is 10.6 Å². The fourth-order valence-electron chi connectivity index (χ4n) is 1.92. The van der Waals surface area contributed by atoms with E-state index in [0.717, 1.165) is 18.2 Å². The summed E-state index contributed by atoms with van der Waals surface area (Å²) in [6, 6.07) is 6.07. The van der Waals surface area contributed by atoms with E-state index in [1.54, 1.807) is 6.92 Å². The number of urea groups is 1. The van der Waals surface area contributed by atoms with Gasteiger partial charge in [0.25, 0.3) is 0 Å². The van der Waals surface area contributed by atoms with Gasteiger partial charge in [-0.15, -0.1) is 0 Å². The molecule has 0 atom stereocenters. The van der Waals surface area contributed by atoms with E-state index in [1.807, 2.05) is 0 Å². The number of anilines is 2. The zero-order valence-electron chi connectivity index (χ0n) is 11.8. The van der Waals surface area contributed by atoms with Gasteiger partial charge >= 0.3 is 12.2 Å². The molecule has 2 N–H and O–H groups in total. The summed E-state index contributed by atoms with van der Waals surface area (Å²) in [6.45, 7) is 1.64. The van der Waals surface area contributed by atoms with Crippen LogP contribution in [0.3, 0.4) is 0 Å². The minimum Gasteiger partial charge on any atom is -0.308 e. The second-order valence-electron chi connectivity index (χ2n) is 4.79. The van der Waals surface area contributed by atoms with Gasteiger partial charge in [-0.05, 0) is 48.9 Å². The third kappa shape index (κ3) is 4.59. The molecule has 8 heteroatoms. The van der Waals surface area contributed by atoms with Gasteiger partial charge in [0.2, 0.25) is 0 Å². The van der Waals surface area contributed by atoms with Crippen molar-refractivity contribution in [2.75, 3.05) is 10.6 Å². The third-order valence-electron chi connectivity index (χ3n) is 2.83. The first-order valence-corrected chi connectivity index (χ1v) is 6.75. The summed E-state index contributed by atoms with van der Waals surface area (Å²) in [5, 5.41) is 4.11. The Labute approximate surface area is 134 Å². The summed E-state index contributed by atoms with van der Waals surface area (Å²) in [4.78, 5) is 11.8. The molecule has 0 spiro atoms. The SMILES string of the molecule is Cc1cc(F)cc(NC(=O)Nc2ccc(Cl)c(C(F)(F)F)c2)c1. The highest BCUT2D eigenvalue weighted by atomic mass is 35.5. The van der Waals surface area contributed by atoms with E-state index < -0.39 is 28.6 Å². The van der Waals surface area contributed by atoms with Crippen molar-refractivity contribution in [1.82, 2.24) is 0 Å². The first-order chi connectivity index (χ1) is 10.6. The second-order valence-corrected chi connectivity index (χ2v) is 5.20. The molecular formula is C15H11ClF4N2O. The molecule has 2 aromatic carbocycles. The Morgan fingerprint density at radius 2 is 1.70 bits per heavy atom. The van der Waals surface area contributed by atoms with E-state index in [-0.39, 0.29) is 11.4 Å². The Morgan fingerprint density at radius 1 is 1.04 bits per heavy atom. The molecule has 3 nitrogen and oxygen atoms in total. The molecule has 23 heavy (non-hydrogen) atoms. The highest BCUT2D eigenvalue weighted by Crippen LogP contribution is 2.36. The molecule has 0 heterocycles. The Morgan fingerprint density at radius 3 is 2.30 bits per heavy atom. The number of hydrogen-bond donors (Lipinski definition) is 2. The van der Waals surface area contributed by atoms with E-state index in [4.69, 9.17) is 11.6 Å². The van der Waals surface area contributed by atoms with Gasteiger partial charge < -0.3 is 10.6 Å². The van der Waals surface area contributed by atoms with Crippen molar-refractivity contribution in [3.8, 4) is 0 Å². The number of alkyl halides is 3. The number of halogens is 5. The number of carbonyl (C=O) groups excluding carboxylic acids is 1. The molecule has 0 aliphatic carbocycles. The third-order valence-corrected chi connectivity index (χ3v) is 3.16. The van der Waals surface area contributed by atoms with E-state index in [2.05, 4.69) is 10.6 Å². The van der Waals surface area contributed by atoms with Gasteiger partial charge in [-0.2, -0.15) is 13.2 Å². The topological polar surface area (TPSA) is 41.1 Å². The molecule has 122 valence electrons.